The van der Waals surface area contributed by atoms with Gasteiger partial charge in [0.05, 0.1) is 5.56 Å². The van der Waals surface area contributed by atoms with Crippen molar-refractivity contribution >= 4 is 17.4 Å². The molecule has 0 radical (unpaired) electrons. The van der Waals surface area contributed by atoms with E-state index in [9.17, 15) is 14.7 Å². The molecule has 1 heterocycles. The van der Waals surface area contributed by atoms with Gasteiger partial charge in [0, 0.05) is 29.9 Å². The fourth-order valence-electron chi connectivity index (χ4n) is 3.18. The highest BCUT2D eigenvalue weighted by molar-refractivity contribution is 6.14. The zero-order valence-electron chi connectivity index (χ0n) is 13.6. The summed E-state index contributed by atoms with van der Waals surface area (Å²) in [5.41, 5.74) is 1.91. The summed E-state index contributed by atoms with van der Waals surface area (Å²) in [6, 6.07) is 13.8. The van der Waals surface area contributed by atoms with E-state index in [1.165, 1.54) is 31.7 Å². The Morgan fingerprint density at radius 3 is 1.96 bits per heavy atom. The molecule has 124 valence electrons. The Hall–Kier alpha value is -2.62. The third kappa shape index (κ3) is 3.48. The van der Waals surface area contributed by atoms with Crippen LogP contribution in [0.4, 0.5) is 5.69 Å². The zero-order valence-corrected chi connectivity index (χ0v) is 13.6. The molecular weight excluding hydrogens is 302 g/mol. The second-order valence-electron chi connectivity index (χ2n) is 6.13. The Balaban J connectivity index is 1.83. The molecule has 24 heavy (non-hydrogen) atoms. The van der Waals surface area contributed by atoms with Crippen LogP contribution >= 0.6 is 0 Å². The van der Waals surface area contributed by atoms with Crippen molar-refractivity contribution in [3.8, 4) is 0 Å². The minimum Gasteiger partial charge on any atom is -0.478 e. The summed E-state index contributed by atoms with van der Waals surface area (Å²) in [5, 5.41) is 9.24. The van der Waals surface area contributed by atoms with Gasteiger partial charge in [-0.1, -0.05) is 31.0 Å². The molecule has 0 aliphatic carbocycles. The van der Waals surface area contributed by atoms with Gasteiger partial charge in [-0.3, -0.25) is 4.79 Å². The number of ketones is 1. The van der Waals surface area contributed by atoms with Crippen molar-refractivity contribution in [1.82, 2.24) is 0 Å². The normalized spacial score (nSPS) is 14.9. The van der Waals surface area contributed by atoms with Crippen LogP contribution in [0.15, 0.2) is 48.5 Å². The van der Waals surface area contributed by atoms with E-state index < -0.39 is 5.97 Å². The first-order chi connectivity index (χ1) is 11.7. The molecule has 2 aromatic carbocycles. The molecule has 0 amide bonds. The molecule has 0 bridgehead atoms. The predicted molar refractivity (Wildman–Crippen MR) is 94.0 cm³/mol. The summed E-state index contributed by atoms with van der Waals surface area (Å²) in [7, 11) is 0. The summed E-state index contributed by atoms with van der Waals surface area (Å²) in [6.45, 7) is 2.10. The van der Waals surface area contributed by atoms with Gasteiger partial charge in [-0.2, -0.15) is 0 Å². The third-order valence-corrected chi connectivity index (χ3v) is 4.50. The summed E-state index contributed by atoms with van der Waals surface area (Å²) in [6.07, 6.45) is 4.96. The van der Waals surface area contributed by atoms with Crippen LogP contribution in [-0.4, -0.2) is 29.9 Å². The number of hydrogen-bond acceptors (Lipinski definition) is 3. The number of anilines is 1. The van der Waals surface area contributed by atoms with E-state index in [2.05, 4.69) is 4.90 Å². The van der Waals surface area contributed by atoms with Crippen molar-refractivity contribution < 1.29 is 14.7 Å². The maximum atomic E-state index is 12.6. The largest absolute Gasteiger partial charge is 0.478 e. The number of benzene rings is 2. The van der Waals surface area contributed by atoms with Gasteiger partial charge in [-0.05, 0) is 43.2 Å². The minimum atomic E-state index is -1.08. The number of aromatic carboxylic acids is 1. The van der Waals surface area contributed by atoms with E-state index in [1.54, 1.807) is 30.3 Å². The minimum absolute atomic E-state index is 0.0408. The van der Waals surface area contributed by atoms with E-state index in [1.807, 2.05) is 12.1 Å². The highest BCUT2D eigenvalue weighted by Crippen LogP contribution is 2.22. The van der Waals surface area contributed by atoms with Crippen LogP contribution < -0.4 is 4.90 Å². The third-order valence-electron chi connectivity index (χ3n) is 4.50. The molecule has 0 unspecified atom stereocenters. The van der Waals surface area contributed by atoms with E-state index in [4.69, 9.17) is 0 Å². The lowest BCUT2D eigenvalue weighted by Gasteiger charge is -2.22. The first-order valence-electron chi connectivity index (χ1n) is 8.39. The Labute approximate surface area is 141 Å². The van der Waals surface area contributed by atoms with Crippen molar-refractivity contribution in [1.29, 1.82) is 0 Å². The average molecular weight is 323 g/mol. The molecule has 2 aromatic rings. The maximum Gasteiger partial charge on any atom is 0.336 e. The van der Waals surface area contributed by atoms with Crippen molar-refractivity contribution in [2.75, 3.05) is 18.0 Å². The van der Waals surface area contributed by atoms with Crippen molar-refractivity contribution in [3.63, 3.8) is 0 Å². The summed E-state index contributed by atoms with van der Waals surface area (Å²) >= 11 is 0. The van der Waals surface area contributed by atoms with E-state index in [0.717, 1.165) is 18.8 Å². The molecular formula is C20H21NO3. The van der Waals surface area contributed by atoms with Crippen molar-refractivity contribution in [2.24, 2.45) is 0 Å². The second kappa shape index (κ2) is 7.30. The maximum absolute atomic E-state index is 12.6. The Morgan fingerprint density at radius 2 is 1.38 bits per heavy atom. The predicted octanol–water partition coefficient (Wildman–Crippen LogP) is 4.00. The lowest BCUT2D eigenvalue weighted by Crippen LogP contribution is -2.23. The fourth-order valence-corrected chi connectivity index (χ4v) is 3.18. The fraction of sp³-hybridized carbons (Fsp3) is 0.300. The summed E-state index contributed by atoms with van der Waals surface area (Å²) in [5.74, 6) is -1.34. The number of carboxylic acids is 1. The first-order valence-corrected chi connectivity index (χ1v) is 8.39. The molecule has 1 fully saturated rings. The molecule has 0 aromatic heterocycles. The smallest absolute Gasteiger partial charge is 0.336 e. The van der Waals surface area contributed by atoms with E-state index in [-0.39, 0.29) is 16.9 Å². The number of nitrogens with zero attached hydrogens (tertiary/aromatic N) is 1. The number of carbonyl (C=O) groups is 2. The monoisotopic (exact) mass is 323 g/mol. The SMILES string of the molecule is O=C(O)c1ccccc1C(=O)c1ccc(N2CCCCCC2)cc1. The van der Waals surface area contributed by atoms with E-state index >= 15 is 0 Å². The van der Waals surface area contributed by atoms with Gasteiger partial charge in [0.15, 0.2) is 5.78 Å². The van der Waals surface area contributed by atoms with Crippen LogP contribution in [0, 0.1) is 0 Å². The molecule has 1 N–H and O–H groups in total. The molecule has 0 saturated carbocycles. The lowest BCUT2D eigenvalue weighted by molar-refractivity contribution is 0.0693. The van der Waals surface area contributed by atoms with Crippen LogP contribution in [0.25, 0.3) is 0 Å². The highest BCUT2D eigenvalue weighted by Gasteiger charge is 2.18. The van der Waals surface area contributed by atoms with Crippen LogP contribution in [0.5, 0.6) is 0 Å². The molecule has 1 aliphatic heterocycles. The van der Waals surface area contributed by atoms with Gasteiger partial charge in [-0.25, -0.2) is 4.79 Å². The standard InChI is InChI=1S/C20H21NO3/c22-19(17-7-3-4-8-18(17)20(23)24)15-9-11-16(12-10-15)21-13-5-1-2-6-14-21/h3-4,7-12H,1-2,5-6,13-14H2,(H,23,24). The van der Waals surface area contributed by atoms with Gasteiger partial charge in [0.25, 0.3) is 0 Å². The molecule has 0 atom stereocenters. The Bertz CT molecular complexity index is 729. The van der Waals surface area contributed by atoms with Gasteiger partial charge in [0.1, 0.15) is 0 Å². The topological polar surface area (TPSA) is 57.6 Å². The molecule has 4 nitrogen and oxygen atoms in total. The second-order valence-corrected chi connectivity index (χ2v) is 6.13. The molecule has 3 rings (SSSR count). The summed E-state index contributed by atoms with van der Waals surface area (Å²) < 4.78 is 0. The first kappa shape index (κ1) is 16.2. The number of rotatable bonds is 4. The van der Waals surface area contributed by atoms with Crippen molar-refractivity contribution in [2.45, 2.75) is 25.7 Å². The van der Waals surface area contributed by atoms with E-state index in [0.29, 0.717) is 5.56 Å². The van der Waals surface area contributed by atoms with Gasteiger partial charge in [0.2, 0.25) is 0 Å². The molecule has 0 spiro atoms. The van der Waals surface area contributed by atoms with Gasteiger partial charge < -0.3 is 10.0 Å². The Kier molecular flexibility index (Phi) is 4.94. The quantitative estimate of drug-likeness (QED) is 0.864. The molecule has 4 heteroatoms. The Morgan fingerprint density at radius 1 is 0.792 bits per heavy atom. The van der Waals surface area contributed by atoms with Crippen LogP contribution in [0.1, 0.15) is 52.0 Å². The van der Waals surface area contributed by atoms with Crippen LogP contribution in [-0.2, 0) is 0 Å². The number of carboxylic acid groups (broad SMARTS) is 1. The highest BCUT2D eigenvalue weighted by atomic mass is 16.4. The number of hydrogen-bond donors (Lipinski definition) is 1. The molecule has 1 saturated heterocycles. The van der Waals surface area contributed by atoms with Gasteiger partial charge >= 0.3 is 5.97 Å². The average Bonchev–Trinajstić information content (AvgIpc) is 2.90. The van der Waals surface area contributed by atoms with Gasteiger partial charge in [-0.15, -0.1) is 0 Å². The van der Waals surface area contributed by atoms with Crippen molar-refractivity contribution in [3.05, 3.63) is 65.2 Å². The number of carbonyl (C=O) groups excluding carboxylic acids is 1. The van der Waals surface area contributed by atoms with Crippen LogP contribution in [0.3, 0.4) is 0 Å². The van der Waals surface area contributed by atoms with Crippen LogP contribution in [0.2, 0.25) is 0 Å². The zero-order chi connectivity index (χ0) is 16.9. The summed E-state index contributed by atoms with van der Waals surface area (Å²) in [4.78, 5) is 26.3. The lowest BCUT2D eigenvalue weighted by atomic mass is 9.98. The molecule has 1 aliphatic rings.